The van der Waals surface area contributed by atoms with E-state index >= 15 is 0 Å². The molecule has 0 unspecified atom stereocenters. The highest BCUT2D eigenvalue weighted by Crippen LogP contribution is 2.39. The summed E-state index contributed by atoms with van der Waals surface area (Å²) < 4.78 is 13.4. The average Bonchev–Trinajstić information content (AvgIpc) is 3.54. The highest BCUT2D eigenvalue weighted by molar-refractivity contribution is 5.94. The summed E-state index contributed by atoms with van der Waals surface area (Å²) in [6, 6.07) is 9.77. The van der Waals surface area contributed by atoms with Gasteiger partial charge in [-0.2, -0.15) is 0 Å². The number of aromatic amines is 1. The van der Waals surface area contributed by atoms with Crippen molar-refractivity contribution in [2.75, 3.05) is 6.54 Å². The Balaban J connectivity index is 1.10. The number of aromatic nitrogens is 4. The van der Waals surface area contributed by atoms with Crippen LogP contribution in [0, 0.1) is 11.7 Å². The van der Waals surface area contributed by atoms with E-state index in [0.29, 0.717) is 41.1 Å². The van der Waals surface area contributed by atoms with E-state index in [1.54, 1.807) is 30.5 Å². The van der Waals surface area contributed by atoms with E-state index in [-0.39, 0.29) is 11.7 Å². The Hall–Kier alpha value is -3.09. The summed E-state index contributed by atoms with van der Waals surface area (Å²) in [6.07, 6.45) is 8.29. The molecule has 1 aromatic carbocycles. The molecule has 0 aliphatic heterocycles. The number of pyridine rings is 1. The van der Waals surface area contributed by atoms with Crippen LogP contribution in [0.3, 0.4) is 0 Å². The van der Waals surface area contributed by atoms with Crippen molar-refractivity contribution in [1.29, 1.82) is 0 Å². The Morgan fingerprint density at radius 3 is 2.32 bits per heavy atom. The predicted molar refractivity (Wildman–Crippen MR) is 115 cm³/mol. The quantitative estimate of drug-likeness (QED) is 0.612. The third-order valence-electron chi connectivity index (χ3n) is 6.42. The molecule has 2 aliphatic rings. The zero-order valence-electron chi connectivity index (χ0n) is 17.4. The van der Waals surface area contributed by atoms with Gasteiger partial charge >= 0.3 is 0 Å². The maximum atomic E-state index is 13.4. The molecule has 160 valence electrons. The molecule has 7 heteroatoms. The van der Waals surface area contributed by atoms with Crippen LogP contribution in [0.25, 0.3) is 11.3 Å². The molecule has 2 fully saturated rings. The second-order valence-electron chi connectivity index (χ2n) is 8.74. The lowest BCUT2D eigenvalue weighted by Crippen LogP contribution is -2.31. The molecule has 0 radical (unpaired) electrons. The third-order valence-corrected chi connectivity index (χ3v) is 6.42. The fraction of sp³-hybridized carbons (Fsp3) is 0.417. The van der Waals surface area contributed by atoms with Crippen LogP contribution in [0.4, 0.5) is 4.39 Å². The van der Waals surface area contributed by atoms with Crippen molar-refractivity contribution in [3.8, 4) is 11.3 Å². The van der Waals surface area contributed by atoms with Gasteiger partial charge in [0, 0.05) is 30.1 Å². The molecule has 1 amide bonds. The fourth-order valence-electron chi connectivity index (χ4n) is 4.34. The number of hydrogen-bond acceptors (Lipinski definition) is 4. The maximum Gasteiger partial charge on any atom is 0.252 e. The maximum absolute atomic E-state index is 13.4. The number of benzene rings is 1. The lowest BCUT2D eigenvalue weighted by atomic mass is 9.81. The van der Waals surface area contributed by atoms with E-state index in [2.05, 4.69) is 25.5 Å². The number of halogens is 1. The van der Waals surface area contributed by atoms with Crippen molar-refractivity contribution in [1.82, 2.24) is 25.5 Å². The summed E-state index contributed by atoms with van der Waals surface area (Å²) in [4.78, 5) is 20.3. The highest BCUT2D eigenvalue weighted by atomic mass is 19.1. The first-order valence-electron chi connectivity index (χ1n) is 11.1. The number of carbonyl (C=O) groups excluding carboxylic acids is 1. The summed E-state index contributed by atoms with van der Waals surface area (Å²) in [6.45, 7) is 0.668. The van der Waals surface area contributed by atoms with E-state index in [1.165, 1.54) is 25.0 Å². The summed E-state index contributed by atoms with van der Waals surface area (Å²) in [5.41, 5.74) is 1.86. The molecule has 2 aliphatic carbocycles. The lowest BCUT2D eigenvalue weighted by molar-refractivity contribution is 0.0942. The van der Waals surface area contributed by atoms with Crippen LogP contribution in [-0.4, -0.2) is 32.6 Å². The van der Waals surface area contributed by atoms with Crippen LogP contribution >= 0.6 is 0 Å². The van der Waals surface area contributed by atoms with Crippen molar-refractivity contribution in [2.24, 2.45) is 5.92 Å². The van der Waals surface area contributed by atoms with Gasteiger partial charge in [-0.3, -0.25) is 9.78 Å². The molecule has 2 heterocycles. The van der Waals surface area contributed by atoms with E-state index < -0.39 is 0 Å². The molecule has 2 aromatic heterocycles. The number of hydrogen-bond donors (Lipinski definition) is 2. The van der Waals surface area contributed by atoms with Crippen LogP contribution in [-0.2, 0) is 0 Å². The molecular formula is C24H26FN5O. The first kappa shape index (κ1) is 19.8. The number of carbonyl (C=O) groups is 1. The molecular weight excluding hydrogens is 393 g/mol. The van der Waals surface area contributed by atoms with E-state index in [0.717, 1.165) is 37.3 Å². The molecule has 0 bridgehead atoms. The van der Waals surface area contributed by atoms with E-state index in [1.807, 2.05) is 0 Å². The van der Waals surface area contributed by atoms with Gasteiger partial charge in [-0.15, -0.1) is 10.2 Å². The number of nitrogens with one attached hydrogen (secondary N) is 2. The van der Waals surface area contributed by atoms with Crippen LogP contribution in [0.15, 0.2) is 42.6 Å². The van der Waals surface area contributed by atoms with Gasteiger partial charge in [0.05, 0.1) is 11.3 Å². The normalized spacial score (nSPS) is 21.1. The highest BCUT2D eigenvalue weighted by Gasteiger charge is 2.30. The largest absolute Gasteiger partial charge is 0.352 e. The molecule has 3 aromatic rings. The average molecular weight is 420 g/mol. The Kier molecular flexibility index (Phi) is 5.49. The SMILES string of the molecule is O=C(NC[C@H]1CC[C@H](c2nnc(C3CC3)[nH]2)CC1)c1ccc(-c2cccc(F)c2)nc1. The Labute approximate surface area is 180 Å². The van der Waals surface area contributed by atoms with E-state index in [4.69, 9.17) is 0 Å². The number of rotatable bonds is 6. The number of nitrogens with zero attached hydrogens (tertiary/aromatic N) is 3. The van der Waals surface area contributed by atoms with Gasteiger partial charge in [-0.25, -0.2) is 4.39 Å². The predicted octanol–water partition coefficient (Wildman–Crippen LogP) is 4.59. The first-order valence-corrected chi connectivity index (χ1v) is 11.1. The van der Waals surface area contributed by atoms with Crippen molar-refractivity contribution in [3.63, 3.8) is 0 Å². The summed E-state index contributed by atoms with van der Waals surface area (Å²) in [7, 11) is 0. The van der Waals surface area contributed by atoms with Gasteiger partial charge in [-0.1, -0.05) is 12.1 Å². The smallest absolute Gasteiger partial charge is 0.252 e. The molecule has 2 N–H and O–H groups in total. The zero-order valence-corrected chi connectivity index (χ0v) is 17.4. The van der Waals surface area contributed by atoms with Gasteiger partial charge in [0.1, 0.15) is 17.5 Å². The van der Waals surface area contributed by atoms with Crippen molar-refractivity contribution in [2.45, 2.75) is 50.4 Å². The molecule has 5 rings (SSSR count). The second kappa shape index (κ2) is 8.57. The fourth-order valence-corrected chi connectivity index (χ4v) is 4.34. The van der Waals surface area contributed by atoms with Gasteiger partial charge in [-0.05, 0) is 68.7 Å². The van der Waals surface area contributed by atoms with Crippen LogP contribution in [0.1, 0.15) is 72.4 Å². The Morgan fingerprint density at radius 1 is 1.00 bits per heavy atom. The summed E-state index contributed by atoms with van der Waals surface area (Å²) in [5.74, 6) is 3.20. The monoisotopic (exact) mass is 419 g/mol. The molecule has 2 saturated carbocycles. The summed E-state index contributed by atoms with van der Waals surface area (Å²) >= 11 is 0. The molecule has 6 nitrogen and oxygen atoms in total. The first-order chi connectivity index (χ1) is 15.2. The number of H-pyrrole nitrogens is 1. The molecule has 0 atom stereocenters. The van der Waals surface area contributed by atoms with Gasteiger partial charge in [0.2, 0.25) is 0 Å². The topological polar surface area (TPSA) is 83.6 Å². The minimum Gasteiger partial charge on any atom is -0.352 e. The third kappa shape index (κ3) is 4.65. The van der Waals surface area contributed by atoms with Crippen LogP contribution < -0.4 is 5.32 Å². The summed E-state index contributed by atoms with van der Waals surface area (Å²) in [5, 5.41) is 11.7. The molecule has 0 saturated heterocycles. The van der Waals surface area contributed by atoms with E-state index in [9.17, 15) is 9.18 Å². The van der Waals surface area contributed by atoms with Gasteiger partial charge < -0.3 is 10.3 Å². The lowest BCUT2D eigenvalue weighted by Gasteiger charge is -2.27. The standard InChI is InChI=1S/C24H26FN5O/c25-20-3-1-2-18(12-20)21-11-10-19(14-26-21)24(31)27-13-15-4-6-16(7-5-15)22-28-23(30-29-22)17-8-9-17/h1-3,10-12,14-17H,4-9,13H2,(H,27,31)(H,28,29,30)/t15-,16-. The van der Waals surface area contributed by atoms with Crippen molar-refractivity contribution >= 4 is 5.91 Å². The Bertz CT molecular complexity index is 1050. The van der Waals surface area contributed by atoms with Gasteiger partial charge in [0.15, 0.2) is 0 Å². The second-order valence-corrected chi connectivity index (χ2v) is 8.74. The van der Waals surface area contributed by atoms with Crippen LogP contribution in [0.5, 0.6) is 0 Å². The zero-order chi connectivity index (χ0) is 21.2. The molecule has 0 spiro atoms. The number of amides is 1. The minimum absolute atomic E-state index is 0.121. The van der Waals surface area contributed by atoms with Gasteiger partial charge in [0.25, 0.3) is 5.91 Å². The Morgan fingerprint density at radius 2 is 1.71 bits per heavy atom. The molecule has 31 heavy (non-hydrogen) atoms. The van der Waals surface area contributed by atoms with Crippen molar-refractivity contribution < 1.29 is 9.18 Å². The van der Waals surface area contributed by atoms with Crippen molar-refractivity contribution in [3.05, 3.63) is 65.6 Å². The van der Waals surface area contributed by atoms with Crippen LogP contribution in [0.2, 0.25) is 0 Å². The minimum atomic E-state index is -0.303.